The molecule has 1 aromatic carbocycles. The monoisotopic (exact) mass is 1310 g/mol. The lowest BCUT2D eigenvalue weighted by atomic mass is 9.85. The molecule has 6 aromatic rings. The number of fused-ring (bicyclic) bond motifs is 3. The van der Waals surface area contributed by atoms with Gasteiger partial charge in [0.25, 0.3) is 0 Å². The van der Waals surface area contributed by atoms with Crippen LogP contribution in [-0.2, 0) is 19.1 Å². The SMILES string of the molecule is CCCCCCCCCCC(CCCCCCCC)COC(=O)C1CCCCC1Oc1c(OC2CCCCC2C(=O)OCC(CCCCCCCC)CCCCCCCCCC)c(-c2cc3sc(C=O)cc3s2)c2nsnc2c1-c1cc2sc(C=O)cc2s1. The Bertz CT molecular complexity index is 2760. The van der Waals surface area contributed by atoms with Crippen LogP contribution in [0.15, 0.2) is 24.3 Å². The number of carbonyl (C=O) groups is 4. The summed E-state index contributed by atoms with van der Waals surface area (Å²) in [6, 6.07) is 8.15. The summed E-state index contributed by atoms with van der Waals surface area (Å²) in [5, 5.41) is 0. The maximum absolute atomic E-state index is 15.0. The molecule has 6 unspecified atom stereocenters. The van der Waals surface area contributed by atoms with Gasteiger partial charge in [0, 0.05) is 28.6 Å². The van der Waals surface area contributed by atoms with E-state index in [0.29, 0.717) is 83.0 Å². The second-order valence-corrected chi connectivity index (χ2v) is 31.2. The van der Waals surface area contributed by atoms with Gasteiger partial charge in [0.15, 0.2) is 24.1 Å². The van der Waals surface area contributed by atoms with E-state index in [4.69, 9.17) is 27.7 Å². The molecular weight excluding hydrogens is 1210 g/mol. The maximum Gasteiger partial charge on any atom is 0.312 e. The van der Waals surface area contributed by atoms with Gasteiger partial charge in [-0.25, -0.2) is 0 Å². The highest BCUT2D eigenvalue weighted by Gasteiger charge is 2.41. The van der Waals surface area contributed by atoms with E-state index >= 15 is 0 Å². The van der Waals surface area contributed by atoms with Crippen LogP contribution < -0.4 is 9.47 Å². The normalized spacial score (nSPS) is 17.8. The summed E-state index contributed by atoms with van der Waals surface area (Å²) >= 11 is 7.24. The zero-order valence-electron chi connectivity index (χ0n) is 54.8. The van der Waals surface area contributed by atoms with E-state index in [1.54, 1.807) is 22.7 Å². The van der Waals surface area contributed by atoms with Gasteiger partial charge in [-0.15, -0.1) is 45.3 Å². The minimum atomic E-state index is -0.527. The Hall–Kier alpha value is -3.76. The van der Waals surface area contributed by atoms with Gasteiger partial charge >= 0.3 is 11.9 Å². The summed E-state index contributed by atoms with van der Waals surface area (Å²) in [5.41, 5.74) is 2.82. The van der Waals surface area contributed by atoms with Crippen LogP contribution in [0.1, 0.15) is 304 Å². The molecule has 0 N–H and O–H groups in total. The van der Waals surface area contributed by atoms with Gasteiger partial charge in [0.05, 0.1) is 57.7 Å². The smallest absolute Gasteiger partial charge is 0.312 e. The molecule has 5 heterocycles. The highest BCUT2D eigenvalue weighted by molar-refractivity contribution is 7.31. The van der Waals surface area contributed by atoms with E-state index in [9.17, 15) is 19.2 Å². The van der Waals surface area contributed by atoms with Crippen LogP contribution in [0.4, 0.5) is 0 Å². The lowest BCUT2D eigenvalue weighted by Crippen LogP contribution is -2.39. The molecule has 5 aromatic heterocycles. The summed E-state index contributed by atoms with van der Waals surface area (Å²) in [5.74, 6) is 0.275. The molecule has 0 aliphatic heterocycles. The molecule has 0 amide bonds. The Kier molecular flexibility index (Phi) is 31.7. The van der Waals surface area contributed by atoms with Gasteiger partial charge in [-0.1, -0.05) is 220 Å². The van der Waals surface area contributed by atoms with Crippen LogP contribution in [0.3, 0.4) is 0 Å². The third-order valence-corrected chi connectivity index (χ3v) is 24.1. The number of carbonyl (C=O) groups excluding carboxylic acids is 4. The van der Waals surface area contributed by atoms with E-state index in [0.717, 1.165) is 128 Å². The Morgan fingerprint density at radius 3 is 1.08 bits per heavy atom. The maximum atomic E-state index is 15.0. The van der Waals surface area contributed by atoms with Crippen molar-refractivity contribution in [2.45, 2.75) is 297 Å². The van der Waals surface area contributed by atoms with Gasteiger partial charge in [0.1, 0.15) is 23.2 Å². The van der Waals surface area contributed by atoms with Crippen molar-refractivity contribution >= 4 is 111 Å². The number of benzene rings is 1. The summed E-state index contributed by atoms with van der Waals surface area (Å²) in [6.07, 6.45) is 46.6. The van der Waals surface area contributed by atoms with Crippen molar-refractivity contribution < 1.29 is 38.1 Å². The fourth-order valence-corrected chi connectivity index (χ4v) is 18.9. The molecule has 0 radical (unpaired) electrons. The molecule has 492 valence electrons. The van der Waals surface area contributed by atoms with Crippen molar-refractivity contribution in [1.82, 2.24) is 8.75 Å². The number of rotatable bonds is 46. The fraction of sp³-hybridized carbons (Fsp3) is 0.703. The molecule has 6 atom stereocenters. The second kappa shape index (κ2) is 39.7. The van der Waals surface area contributed by atoms with Crippen molar-refractivity contribution in [3.63, 3.8) is 0 Å². The average molecular weight is 1310 g/mol. The Morgan fingerprint density at radius 1 is 0.438 bits per heavy atom. The Morgan fingerprint density at radius 2 is 0.753 bits per heavy atom. The van der Waals surface area contributed by atoms with Crippen molar-refractivity contribution in [2.24, 2.45) is 23.7 Å². The van der Waals surface area contributed by atoms with E-state index in [-0.39, 0.29) is 11.9 Å². The summed E-state index contributed by atoms with van der Waals surface area (Å²) in [7, 11) is 0. The van der Waals surface area contributed by atoms with Crippen LogP contribution >= 0.6 is 57.1 Å². The molecule has 0 saturated heterocycles. The van der Waals surface area contributed by atoms with Crippen molar-refractivity contribution in [1.29, 1.82) is 0 Å². The molecule has 8 rings (SSSR count). The number of hydrogen-bond donors (Lipinski definition) is 0. The van der Waals surface area contributed by atoms with E-state index in [1.807, 2.05) is 12.1 Å². The third-order valence-electron chi connectivity index (χ3n) is 19.1. The minimum Gasteiger partial charge on any atom is -0.485 e. The molecule has 2 saturated carbocycles. The molecule has 0 bridgehead atoms. The molecule has 2 fully saturated rings. The molecular formula is C74H108N2O8S5. The van der Waals surface area contributed by atoms with Crippen LogP contribution in [0.5, 0.6) is 11.5 Å². The number of aldehydes is 2. The second-order valence-electron chi connectivity index (χ2n) is 26.3. The topological polar surface area (TPSA) is 131 Å². The van der Waals surface area contributed by atoms with E-state index in [2.05, 4.69) is 39.8 Å². The van der Waals surface area contributed by atoms with E-state index < -0.39 is 24.0 Å². The number of nitrogens with zero attached hydrogens (tertiary/aromatic N) is 2. The lowest BCUT2D eigenvalue weighted by Gasteiger charge is -2.35. The summed E-state index contributed by atoms with van der Waals surface area (Å²) < 4.78 is 42.6. The summed E-state index contributed by atoms with van der Waals surface area (Å²) in [6.45, 7) is 9.95. The first kappa shape index (κ1) is 71.1. The molecule has 15 heteroatoms. The summed E-state index contributed by atoms with van der Waals surface area (Å²) in [4.78, 5) is 57.2. The van der Waals surface area contributed by atoms with Gasteiger partial charge < -0.3 is 18.9 Å². The molecule has 2 aliphatic carbocycles. The van der Waals surface area contributed by atoms with Crippen molar-refractivity contribution in [3.05, 3.63) is 34.0 Å². The van der Waals surface area contributed by atoms with Crippen molar-refractivity contribution in [2.75, 3.05) is 13.2 Å². The van der Waals surface area contributed by atoms with Gasteiger partial charge in [-0.05, 0) is 100 Å². The predicted octanol–water partition coefficient (Wildman–Crippen LogP) is 24.0. The van der Waals surface area contributed by atoms with Gasteiger partial charge in [-0.3, -0.25) is 19.2 Å². The number of thiophene rings is 4. The largest absolute Gasteiger partial charge is 0.485 e. The number of esters is 2. The van der Waals surface area contributed by atoms with Crippen LogP contribution in [0.25, 0.3) is 50.7 Å². The first-order valence-electron chi connectivity index (χ1n) is 35.7. The quantitative estimate of drug-likeness (QED) is 0.0207. The lowest BCUT2D eigenvalue weighted by molar-refractivity contribution is -0.156. The standard InChI is InChI=1S/C74H108N2O8S5/c1-5-9-13-17-21-23-27-31-39-53(37-29-25-19-15-11-7-3)51-81-73(79)57-41-33-35-43-59(57)83-71-67(65-47-63-61(87-65)45-55(49-77)85-63)69-70(76-89-75-69)68(66-48-64-62(88-66)46-56(50-78)86-64)72(71)84-60-44-36-34-42-58(60)74(80)82-52-54(38-30-26-20-16-12-8-4)40-32-28-24-22-18-14-10-6-2/h45-50,53-54,57-60H,5-44,51-52H2,1-4H3. The molecule has 89 heavy (non-hydrogen) atoms. The van der Waals surface area contributed by atoms with Crippen LogP contribution in [0, 0.1) is 23.7 Å². The number of unbranched alkanes of at least 4 members (excludes halogenated alkanes) is 24. The number of ether oxygens (including phenoxy) is 4. The Balaban J connectivity index is 1.11. The third kappa shape index (κ3) is 21.6. The number of hydrogen-bond acceptors (Lipinski definition) is 15. The molecule has 0 spiro atoms. The zero-order valence-corrected chi connectivity index (χ0v) is 58.9. The number of aromatic nitrogens is 2. The van der Waals surface area contributed by atoms with Crippen LogP contribution in [0.2, 0.25) is 0 Å². The first-order valence-corrected chi connectivity index (χ1v) is 39.7. The van der Waals surface area contributed by atoms with Crippen molar-refractivity contribution in [3.8, 4) is 32.4 Å². The van der Waals surface area contributed by atoms with Gasteiger partial charge in [-0.2, -0.15) is 8.75 Å². The van der Waals surface area contributed by atoms with E-state index in [1.165, 1.54) is 190 Å². The zero-order chi connectivity index (χ0) is 62.4. The molecule has 2 aliphatic rings. The molecule has 10 nitrogen and oxygen atoms in total. The van der Waals surface area contributed by atoms with Crippen LogP contribution in [-0.4, -0.2) is 58.7 Å². The van der Waals surface area contributed by atoms with Gasteiger partial charge in [0.2, 0.25) is 0 Å². The minimum absolute atomic E-state index is 0.186. The average Bonchev–Trinajstić information content (AvgIpc) is 1.67. The fourth-order valence-electron chi connectivity index (χ4n) is 13.8. The Labute approximate surface area is 554 Å². The predicted molar refractivity (Wildman–Crippen MR) is 378 cm³/mol. The highest BCUT2D eigenvalue weighted by Crippen LogP contribution is 2.56. The first-order chi connectivity index (χ1) is 43.8. The highest BCUT2D eigenvalue weighted by atomic mass is 32.1.